The van der Waals surface area contributed by atoms with Gasteiger partial charge in [0.1, 0.15) is 12.1 Å². The third-order valence-electron chi connectivity index (χ3n) is 5.29. The molecule has 0 heterocycles. The molecule has 4 rings (SSSR count). The van der Waals surface area contributed by atoms with Crippen molar-refractivity contribution in [2.75, 3.05) is 18.1 Å². The Bertz CT molecular complexity index is 1250. The fourth-order valence-corrected chi connectivity index (χ4v) is 3.14. The van der Waals surface area contributed by atoms with E-state index in [0.29, 0.717) is 28.6 Å². The molecule has 1 aliphatic rings. The van der Waals surface area contributed by atoms with Gasteiger partial charge in [-0.3, -0.25) is 9.79 Å². The molecule has 0 radical (unpaired) electrons. The molecular formula is C26H25F3N4O2. The number of carbonyl (C=O) groups excluding carboxylic acids is 2. The fourth-order valence-electron chi connectivity index (χ4n) is 3.14. The number of aliphatic imine (C=N–C) groups is 1. The Labute approximate surface area is 200 Å². The minimum absolute atomic E-state index is 0.0585. The maximum absolute atomic E-state index is 12.9. The second kappa shape index (κ2) is 10.9. The number of carbonyl (C=O) groups is 2. The Morgan fingerprint density at radius 3 is 2.29 bits per heavy atom. The van der Waals surface area contributed by atoms with Crippen LogP contribution in [0, 0.1) is 5.92 Å². The number of amides is 1. The summed E-state index contributed by atoms with van der Waals surface area (Å²) in [5.74, 6) is 0.242. The predicted octanol–water partition coefficient (Wildman–Crippen LogP) is 5.14. The number of aldehydes is 1. The highest BCUT2D eigenvalue weighted by Crippen LogP contribution is 2.31. The molecule has 3 aromatic rings. The molecule has 1 fully saturated rings. The van der Waals surface area contributed by atoms with E-state index in [2.05, 4.69) is 10.3 Å². The van der Waals surface area contributed by atoms with Gasteiger partial charge in [0.25, 0.3) is 5.91 Å². The summed E-state index contributed by atoms with van der Waals surface area (Å²) < 4.78 is 38.6. The number of nitrogen functional groups attached to an aromatic ring is 1. The highest BCUT2D eigenvalue weighted by atomic mass is 19.4. The lowest BCUT2D eigenvalue weighted by Crippen LogP contribution is -2.15. The Kier molecular flexibility index (Phi) is 7.91. The van der Waals surface area contributed by atoms with E-state index >= 15 is 0 Å². The van der Waals surface area contributed by atoms with Gasteiger partial charge in [0.15, 0.2) is 0 Å². The van der Waals surface area contributed by atoms with Crippen LogP contribution in [0.25, 0.3) is 11.1 Å². The Morgan fingerprint density at radius 2 is 1.71 bits per heavy atom. The van der Waals surface area contributed by atoms with Crippen molar-refractivity contribution < 1.29 is 22.8 Å². The molecule has 0 atom stereocenters. The number of hydrogen-bond donors (Lipinski definition) is 3. The number of rotatable bonds is 5. The summed E-state index contributed by atoms with van der Waals surface area (Å²) in [6.07, 6.45) is -1.17. The maximum atomic E-state index is 12.9. The lowest BCUT2D eigenvalue weighted by Gasteiger charge is -2.11. The van der Waals surface area contributed by atoms with E-state index in [1.165, 1.54) is 12.1 Å². The summed E-state index contributed by atoms with van der Waals surface area (Å²) in [4.78, 5) is 26.0. The molecule has 182 valence electrons. The minimum atomic E-state index is -4.49. The molecule has 1 saturated carbocycles. The first-order valence-electron chi connectivity index (χ1n) is 10.8. The Hall–Kier alpha value is -4.14. The number of benzene rings is 3. The zero-order chi connectivity index (χ0) is 25.6. The van der Waals surface area contributed by atoms with Gasteiger partial charge < -0.3 is 21.6 Å². The van der Waals surface area contributed by atoms with Crippen LogP contribution in [0.3, 0.4) is 0 Å². The molecule has 5 N–H and O–H groups in total. The van der Waals surface area contributed by atoms with E-state index in [-0.39, 0.29) is 5.69 Å². The monoisotopic (exact) mass is 482 g/mol. The topological polar surface area (TPSA) is 111 Å². The molecule has 0 bridgehead atoms. The molecule has 6 nitrogen and oxygen atoms in total. The van der Waals surface area contributed by atoms with Crippen LogP contribution in [0.1, 0.15) is 34.3 Å². The summed E-state index contributed by atoms with van der Waals surface area (Å²) >= 11 is 0. The van der Waals surface area contributed by atoms with E-state index in [0.717, 1.165) is 42.4 Å². The van der Waals surface area contributed by atoms with Crippen LogP contribution < -0.4 is 16.8 Å². The van der Waals surface area contributed by atoms with Crippen molar-refractivity contribution in [2.45, 2.75) is 19.0 Å². The van der Waals surface area contributed by atoms with Crippen LogP contribution >= 0.6 is 0 Å². The third-order valence-corrected chi connectivity index (χ3v) is 5.29. The van der Waals surface area contributed by atoms with Crippen LogP contribution in [0.2, 0.25) is 0 Å². The normalized spacial score (nSPS) is 13.4. The van der Waals surface area contributed by atoms with Gasteiger partial charge in [-0.1, -0.05) is 24.3 Å². The number of hydrogen-bond acceptors (Lipinski definition) is 4. The molecular weight excluding hydrogens is 457 g/mol. The SMILES string of the molecule is CN=C(N)c1ccc(-c2cccc(C(=O)Nc3cccc(C(F)(F)F)c3)c2)cc1N.O=CC1CC1. The van der Waals surface area contributed by atoms with Crippen LogP contribution in [0.5, 0.6) is 0 Å². The van der Waals surface area contributed by atoms with Crippen LogP contribution in [-0.2, 0) is 11.0 Å². The van der Waals surface area contributed by atoms with Gasteiger partial charge in [-0.05, 0) is 66.4 Å². The van der Waals surface area contributed by atoms with Crippen molar-refractivity contribution in [1.29, 1.82) is 0 Å². The van der Waals surface area contributed by atoms with E-state index in [4.69, 9.17) is 11.5 Å². The lowest BCUT2D eigenvalue weighted by molar-refractivity contribution is -0.137. The van der Waals surface area contributed by atoms with Gasteiger partial charge in [-0.25, -0.2) is 0 Å². The zero-order valence-electron chi connectivity index (χ0n) is 19.0. The van der Waals surface area contributed by atoms with Gasteiger partial charge in [0.05, 0.1) is 5.56 Å². The first-order valence-corrected chi connectivity index (χ1v) is 10.8. The summed E-state index contributed by atoms with van der Waals surface area (Å²) in [6.45, 7) is 0. The molecule has 0 saturated heterocycles. The standard InChI is InChI=1S/C22H19F3N4O.C4H6O/c1-28-20(27)18-9-8-14(11-19(18)26)13-4-2-5-15(10-13)21(30)29-17-7-3-6-16(12-17)22(23,24)25;5-3-4-1-2-4/h2-12H,26H2,1H3,(H2,27,28)(H,29,30);3-4H,1-2H2. The average molecular weight is 483 g/mol. The quantitative estimate of drug-likeness (QED) is 0.202. The largest absolute Gasteiger partial charge is 0.416 e. The van der Waals surface area contributed by atoms with Gasteiger partial charge in [0.2, 0.25) is 0 Å². The fraction of sp³-hybridized carbons (Fsp3) is 0.192. The molecule has 1 amide bonds. The highest BCUT2D eigenvalue weighted by Gasteiger charge is 2.30. The molecule has 0 aliphatic heterocycles. The third kappa shape index (κ3) is 6.92. The smallest absolute Gasteiger partial charge is 0.398 e. The Morgan fingerprint density at radius 1 is 1.03 bits per heavy atom. The summed E-state index contributed by atoms with van der Waals surface area (Å²) in [6, 6.07) is 16.4. The van der Waals surface area contributed by atoms with Gasteiger partial charge in [-0.15, -0.1) is 0 Å². The van der Waals surface area contributed by atoms with Crippen LogP contribution in [0.15, 0.2) is 71.7 Å². The van der Waals surface area contributed by atoms with Crippen molar-refractivity contribution in [3.63, 3.8) is 0 Å². The first kappa shape index (κ1) is 25.5. The zero-order valence-corrected chi connectivity index (χ0v) is 19.0. The van der Waals surface area contributed by atoms with E-state index < -0.39 is 17.6 Å². The summed E-state index contributed by atoms with van der Waals surface area (Å²) in [7, 11) is 1.56. The molecule has 3 aromatic carbocycles. The second-order valence-electron chi connectivity index (χ2n) is 8.00. The number of amidine groups is 1. The van der Waals surface area contributed by atoms with E-state index in [9.17, 15) is 22.8 Å². The number of nitrogens with two attached hydrogens (primary N) is 2. The van der Waals surface area contributed by atoms with Crippen molar-refractivity contribution in [3.05, 3.63) is 83.4 Å². The summed E-state index contributed by atoms with van der Waals surface area (Å²) in [5, 5.41) is 2.50. The number of nitrogens with one attached hydrogen (secondary N) is 1. The van der Waals surface area contributed by atoms with Crippen LogP contribution in [-0.4, -0.2) is 25.1 Å². The van der Waals surface area contributed by atoms with Crippen molar-refractivity contribution >= 4 is 29.4 Å². The Balaban J connectivity index is 0.000000607. The lowest BCUT2D eigenvalue weighted by atomic mass is 10.00. The number of nitrogens with zero attached hydrogens (tertiary/aromatic N) is 1. The number of alkyl halides is 3. The van der Waals surface area contributed by atoms with E-state index in [1.807, 2.05) is 0 Å². The molecule has 1 aliphatic carbocycles. The molecule has 0 unspecified atom stereocenters. The average Bonchev–Trinajstić information content (AvgIpc) is 3.68. The van der Waals surface area contributed by atoms with Gasteiger partial charge in [0, 0.05) is 35.5 Å². The molecule has 0 aromatic heterocycles. The first-order chi connectivity index (χ1) is 16.6. The maximum Gasteiger partial charge on any atom is 0.416 e. The van der Waals surface area contributed by atoms with E-state index in [1.54, 1.807) is 49.5 Å². The van der Waals surface area contributed by atoms with Crippen molar-refractivity contribution in [1.82, 2.24) is 0 Å². The van der Waals surface area contributed by atoms with Crippen molar-refractivity contribution in [2.24, 2.45) is 16.6 Å². The molecule has 35 heavy (non-hydrogen) atoms. The second-order valence-corrected chi connectivity index (χ2v) is 8.00. The summed E-state index contributed by atoms with van der Waals surface area (Å²) in [5.41, 5.74) is 13.9. The van der Waals surface area contributed by atoms with Crippen LogP contribution in [0.4, 0.5) is 24.5 Å². The molecule has 9 heteroatoms. The molecule has 0 spiro atoms. The number of halogens is 3. The number of anilines is 2. The highest BCUT2D eigenvalue weighted by molar-refractivity contribution is 6.05. The van der Waals surface area contributed by atoms with Gasteiger partial charge in [-0.2, -0.15) is 13.2 Å². The van der Waals surface area contributed by atoms with Crippen molar-refractivity contribution in [3.8, 4) is 11.1 Å². The minimum Gasteiger partial charge on any atom is -0.398 e. The predicted molar refractivity (Wildman–Crippen MR) is 131 cm³/mol. The van der Waals surface area contributed by atoms with Gasteiger partial charge >= 0.3 is 6.18 Å².